The predicted octanol–water partition coefficient (Wildman–Crippen LogP) is 5.06. The number of halogens is 1. The van der Waals surface area contributed by atoms with Gasteiger partial charge >= 0.3 is 0 Å². The molecule has 1 heterocycles. The minimum absolute atomic E-state index is 0.304. The van der Waals surface area contributed by atoms with Gasteiger partial charge in [-0.15, -0.1) is 0 Å². The minimum Gasteiger partial charge on any atom is -0.447 e. The van der Waals surface area contributed by atoms with Crippen LogP contribution in [0.15, 0.2) is 40.8 Å². The molecule has 0 amide bonds. The second-order valence-corrected chi connectivity index (χ2v) is 5.92. The minimum atomic E-state index is -0.747. The molecule has 1 atom stereocenters. The van der Waals surface area contributed by atoms with Gasteiger partial charge in [-0.3, -0.25) is 0 Å². The first-order valence-corrected chi connectivity index (χ1v) is 7.65. The molecule has 1 aromatic carbocycles. The third-order valence-electron chi connectivity index (χ3n) is 4.19. The Kier molecular flexibility index (Phi) is 4.13. The zero-order chi connectivity index (χ0) is 13.9. The lowest BCUT2D eigenvalue weighted by Gasteiger charge is -2.22. The molecule has 1 fully saturated rings. The molecular weight excluding hydrogens is 272 g/mol. The van der Waals surface area contributed by atoms with Gasteiger partial charge in [0.15, 0.2) is 5.22 Å². The highest BCUT2D eigenvalue weighted by Gasteiger charge is 2.17. The number of hydrogen-bond donors (Lipinski definition) is 1. The van der Waals surface area contributed by atoms with E-state index in [1.807, 2.05) is 12.1 Å². The van der Waals surface area contributed by atoms with Gasteiger partial charge in [0.05, 0.1) is 0 Å². The molecule has 0 spiro atoms. The van der Waals surface area contributed by atoms with E-state index in [2.05, 4.69) is 12.1 Å². The van der Waals surface area contributed by atoms with E-state index in [0.29, 0.717) is 16.9 Å². The number of rotatable bonds is 3. The van der Waals surface area contributed by atoms with Gasteiger partial charge in [-0.1, -0.05) is 43.5 Å². The molecule has 2 aromatic rings. The summed E-state index contributed by atoms with van der Waals surface area (Å²) in [7, 11) is 0. The van der Waals surface area contributed by atoms with Crippen molar-refractivity contribution in [1.29, 1.82) is 0 Å². The summed E-state index contributed by atoms with van der Waals surface area (Å²) in [5.41, 5.74) is 2.23. The van der Waals surface area contributed by atoms with Crippen LogP contribution >= 0.6 is 11.6 Å². The van der Waals surface area contributed by atoms with E-state index in [9.17, 15) is 5.11 Å². The molecule has 1 N–H and O–H groups in total. The molecule has 1 unspecified atom stereocenters. The molecule has 106 valence electrons. The monoisotopic (exact) mass is 290 g/mol. The van der Waals surface area contributed by atoms with E-state index >= 15 is 0 Å². The van der Waals surface area contributed by atoms with Gasteiger partial charge < -0.3 is 9.52 Å². The lowest BCUT2D eigenvalue weighted by molar-refractivity contribution is 0.189. The van der Waals surface area contributed by atoms with Gasteiger partial charge in [-0.25, -0.2) is 0 Å². The average Bonchev–Trinajstić information content (AvgIpc) is 2.94. The summed E-state index contributed by atoms with van der Waals surface area (Å²) in [6, 6.07) is 11.6. The fourth-order valence-corrected chi connectivity index (χ4v) is 3.18. The van der Waals surface area contributed by atoms with E-state index in [1.165, 1.54) is 37.7 Å². The molecule has 1 saturated carbocycles. The van der Waals surface area contributed by atoms with Crippen LogP contribution in [0.1, 0.15) is 61.0 Å². The quantitative estimate of drug-likeness (QED) is 0.857. The van der Waals surface area contributed by atoms with Crippen LogP contribution in [-0.2, 0) is 0 Å². The van der Waals surface area contributed by atoms with Crippen LogP contribution in [0.25, 0.3) is 0 Å². The highest BCUT2D eigenvalue weighted by molar-refractivity contribution is 6.28. The maximum Gasteiger partial charge on any atom is 0.193 e. The molecule has 1 aliphatic carbocycles. The molecule has 0 aliphatic heterocycles. The van der Waals surface area contributed by atoms with Gasteiger partial charge in [0.25, 0.3) is 0 Å². The van der Waals surface area contributed by atoms with Crippen molar-refractivity contribution < 1.29 is 9.52 Å². The Hall–Kier alpha value is -1.25. The van der Waals surface area contributed by atoms with E-state index in [-0.39, 0.29) is 0 Å². The first-order chi connectivity index (χ1) is 9.74. The Labute approximate surface area is 124 Å². The smallest absolute Gasteiger partial charge is 0.193 e. The van der Waals surface area contributed by atoms with Crippen LogP contribution in [0.5, 0.6) is 0 Å². The molecule has 3 heteroatoms. The number of benzene rings is 1. The SMILES string of the molecule is OC(c1ccc(C2CCCCC2)cc1)c1ccc(Cl)o1. The molecule has 1 aliphatic rings. The summed E-state index contributed by atoms with van der Waals surface area (Å²) in [6.45, 7) is 0. The zero-order valence-electron chi connectivity index (χ0n) is 11.4. The van der Waals surface area contributed by atoms with Crippen LogP contribution in [0, 0.1) is 0 Å². The first kappa shape index (κ1) is 13.7. The van der Waals surface area contributed by atoms with E-state index in [4.69, 9.17) is 16.0 Å². The molecule has 0 saturated heterocycles. The Morgan fingerprint density at radius 2 is 1.70 bits per heavy atom. The van der Waals surface area contributed by atoms with E-state index in [1.54, 1.807) is 12.1 Å². The number of aliphatic hydroxyl groups excluding tert-OH is 1. The van der Waals surface area contributed by atoms with Gasteiger partial charge in [-0.2, -0.15) is 0 Å². The Balaban J connectivity index is 1.75. The van der Waals surface area contributed by atoms with E-state index in [0.717, 1.165) is 5.56 Å². The van der Waals surface area contributed by atoms with Crippen LogP contribution in [0.2, 0.25) is 5.22 Å². The van der Waals surface area contributed by atoms with Crippen molar-refractivity contribution in [1.82, 2.24) is 0 Å². The maximum atomic E-state index is 10.3. The van der Waals surface area contributed by atoms with Gasteiger partial charge in [0.2, 0.25) is 0 Å². The normalized spacial score (nSPS) is 18.1. The summed E-state index contributed by atoms with van der Waals surface area (Å²) in [5, 5.41) is 10.6. The first-order valence-electron chi connectivity index (χ1n) is 7.27. The highest BCUT2D eigenvalue weighted by Crippen LogP contribution is 2.33. The fourth-order valence-electron chi connectivity index (χ4n) is 3.03. The number of hydrogen-bond acceptors (Lipinski definition) is 2. The maximum absolute atomic E-state index is 10.3. The fraction of sp³-hybridized carbons (Fsp3) is 0.412. The summed E-state index contributed by atoms with van der Waals surface area (Å²) in [6.07, 6.45) is 5.86. The van der Waals surface area contributed by atoms with Crippen molar-refractivity contribution in [3.63, 3.8) is 0 Å². The lowest BCUT2D eigenvalue weighted by atomic mass is 9.84. The molecule has 1 aromatic heterocycles. The summed E-state index contributed by atoms with van der Waals surface area (Å²) in [5.74, 6) is 1.17. The zero-order valence-corrected chi connectivity index (χ0v) is 12.1. The topological polar surface area (TPSA) is 33.4 Å². The Morgan fingerprint density at radius 3 is 2.30 bits per heavy atom. The lowest BCUT2D eigenvalue weighted by Crippen LogP contribution is -2.05. The second-order valence-electron chi connectivity index (χ2n) is 5.55. The third kappa shape index (κ3) is 2.92. The van der Waals surface area contributed by atoms with Crippen molar-refractivity contribution in [2.24, 2.45) is 0 Å². The Bertz CT molecular complexity index is 553. The molecule has 3 rings (SSSR count). The van der Waals surface area contributed by atoms with Crippen molar-refractivity contribution >= 4 is 11.6 Å². The van der Waals surface area contributed by atoms with Gasteiger partial charge in [0.1, 0.15) is 11.9 Å². The standard InChI is InChI=1S/C17H19ClO2/c18-16-11-10-15(20-16)17(19)14-8-6-13(7-9-14)12-4-2-1-3-5-12/h6-12,17,19H,1-5H2. The van der Waals surface area contributed by atoms with Gasteiger partial charge in [-0.05, 0) is 53.6 Å². The van der Waals surface area contributed by atoms with Gasteiger partial charge in [0, 0.05) is 0 Å². The summed E-state index contributed by atoms with van der Waals surface area (Å²) in [4.78, 5) is 0. The second kappa shape index (κ2) is 6.02. The largest absolute Gasteiger partial charge is 0.447 e. The van der Waals surface area contributed by atoms with Crippen LogP contribution in [-0.4, -0.2) is 5.11 Å². The van der Waals surface area contributed by atoms with Crippen molar-refractivity contribution in [3.8, 4) is 0 Å². The summed E-state index contributed by atoms with van der Waals surface area (Å²) < 4.78 is 5.26. The highest BCUT2D eigenvalue weighted by atomic mass is 35.5. The van der Waals surface area contributed by atoms with E-state index < -0.39 is 6.10 Å². The summed E-state index contributed by atoms with van der Waals surface area (Å²) >= 11 is 5.74. The van der Waals surface area contributed by atoms with Crippen molar-refractivity contribution in [3.05, 3.63) is 58.5 Å². The molecule has 0 radical (unpaired) electrons. The van der Waals surface area contributed by atoms with Crippen molar-refractivity contribution in [2.45, 2.75) is 44.1 Å². The van der Waals surface area contributed by atoms with Crippen LogP contribution in [0.3, 0.4) is 0 Å². The van der Waals surface area contributed by atoms with Crippen LogP contribution < -0.4 is 0 Å². The molecule has 2 nitrogen and oxygen atoms in total. The number of furan rings is 1. The number of aliphatic hydroxyl groups is 1. The Morgan fingerprint density at radius 1 is 1.00 bits per heavy atom. The predicted molar refractivity (Wildman–Crippen MR) is 80.0 cm³/mol. The molecule has 0 bridgehead atoms. The van der Waals surface area contributed by atoms with Crippen LogP contribution in [0.4, 0.5) is 0 Å². The third-order valence-corrected chi connectivity index (χ3v) is 4.40. The van der Waals surface area contributed by atoms with Crippen molar-refractivity contribution in [2.75, 3.05) is 0 Å². The average molecular weight is 291 g/mol. The molecular formula is C17H19ClO2. The molecule has 20 heavy (non-hydrogen) atoms.